The highest BCUT2D eigenvalue weighted by Crippen LogP contribution is 2.10. The Morgan fingerprint density at radius 3 is 2.92 bits per heavy atom. The molecule has 66 valence electrons. The third-order valence-corrected chi connectivity index (χ3v) is 1.57. The fraction of sp³-hybridized carbons (Fsp3) is 0. The summed E-state index contributed by atoms with van der Waals surface area (Å²) in [4.78, 5) is 20.7. The number of aromatic carboxylic acids is 1. The number of carboxylic acid groups (broad SMARTS) is 1. The van der Waals surface area contributed by atoms with Gasteiger partial charge < -0.3 is 15.8 Å². The van der Waals surface area contributed by atoms with Crippen LogP contribution < -0.4 is 5.73 Å². The molecule has 0 saturated carbocycles. The zero-order chi connectivity index (χ0) is 9.42. The molecule has 2 aromatic rings. The molecule has 0 saturated heterocycles. The summed E-state index contributed by atoms with van der Waals surface area (Å²) in [6.07, 6.45) is 0. The molecule has 0 bridgehead atoms. The Morgan fingerprint density at radius 1 is 1.46 bits per heavy atom. The van der Waals surface area contributed by atoms with Crippen LogP contribution in [0.3, 0.4) is 0 Å². The molecule has 0 aromatic carbocycles. The second kappa shape index (κ2) is 2.44. The number of hydrogen-bond acceptors (Lipinski definition) is 4. The maximum absolute atomic E-state index is 10.5. The number of carbonyl (C=O) groups is 1. The first-order valence-corrected chi connectivity index (χ1v) is 3.52. The number of nitrogen functional groups attached to an aromatic ring is 1. The van der Waals surface area contributed by atoms with E-state index < -0.39 is 5.97 Å². The van der Waals surface area contributed by atoms with Gasteiger partial charge in [0.25, 0.3) is 0 Å². The van der Waals surface area contributed by atoms with Crippen LogP contribution in [0.4, 0.5) is 5.82 Å². The average Bonchev–Trinajstić information content (AvgIpc) is 2.46. The summed E-state index contributed by atoms with van der Waals surface area (Å²) in [6.45, 7) is 0. The van der Waals surface area contributed by atoms with Gasteiger partial charge in [0.2, 0.25) is 5.82 Å². The number of rotatable bonds is 1. The van der Waals surface area contributed by atoms with Crippen molar-refractivity contribution in [1.29, 1.82) is 0 Å². The van der Waals surface area contributed by atoms with Crippen LogP contribution >= 0.6 is 0 Å². The summed E-state index contributed by atoms with van der Waals surface area (Å²) < 4.78 is 0. The molecule has 0 spiro atoms. The number of hydrogen-bond donors (Lipinski definition) is 3. The second-order valence-corrected chi connectivity index (χ2v) is 2.50. The molecule has 0 aliphatic rings. The lowest BCUT2D eigenvalue weighted by molar-refractivity contribution is 0.0685. The van der Waals surface area contributed by atoms with Crippen molar-refractivity contribution in [3.05, 3.63) is 18.0 Å². The SMILES string of the molecule is Nc1ccc2[nH]c(C(=O)O)nc2n1. The minimum Gasteiger partial charge on any atom is -0.475 e. The molecule has 0 aliphatic carbocycles. The zero-order valence-corrected chi connectivity index (χ0v) is 6.48. The predicted octanol–water partition coefficient (Wildman–Crippen LogP) is 0.238. The normalized spacial score (nSPS) is 10.5. The zero-order valence-electron chi connectivity index (χ0n) is 6.48. The van der Waals surface area contributed by atoms with E-state index >= 15 is 0 Å². The number of nitrogens with one attached hydrogen (secondary N) is 1. The van der Waals surface area contributed by atoms with E-state index in [9.17, 15) is 4.79 Å². The lowest BCUT2D eigenvalue weighted by Crippen LogP contribution is -1.97. The highest BCUT2D eigenvalue weighted by Gasteiger charge is 2.09. The number of fused-ring (bicyclic) bond motifs is 1. The Balaban J connectivity index is 2.68. The van der Waals surface area contributed by atoms with E-state index in [2.05, 4.69) is 15.0 Å². The van der Waals surface area contributed by atoms with E-state index in [1.54, 1.807) is 12.1 Å². The number of pyridine rings is 1. The van der Waals surface area contributed by atoms with Crippen molar-refractivity contribution in [3.8, 4) is 0 Å². The van der Waals surface area contributed by atoms with Crippen LogP contribution in [-0.4, -0.2) is 26.0 Å². The van der Waals surface area contributed by atoms with Crippen molar-refractivity contribution in [2.45, 2.75) is 0 Å². The van der Waals surface area contributed by atoms with Gasteiger partial charge in [0.05, 0.1) is 5.52 Å². The summed E-state index contributed by atoms with van der Waals surface area (Å²) in [5.74, 6) is -0.930. The van der Waals surface area contributed by atoms with Gasteiger partial charge in [-0.15, -0.1) is 0 Å². The van der Waals surface area contributed by atoms with E-state index in [0.717, 1.165) is 0 Å². The fourth-order valence-corrected chi connectivity index (χ4v) is 1.01. The fourth-order valence-electron chi connectivity index (χ4n) is 1.01. The largest absolute Gasteiger partial charge is 0.475 e. The molecule has 6 nitrogen and oxygen atoms in total. The average molecular weight is 178 g/mol. The van der Waals surface area contributed by atoms with Crippen LogP contribution in [0.1, 0.15) is 10.6 Å². The van der Waals surface area contributed by atoms with Crippen molar-refractivity contribution in [2.75, 3.05) is 5.73 Å². The molecule has 13 heavy (non-hydrogen) atoms. The highest BCUT2D eigenvalue weighted by atomic mass is 16.4. The van der Waals surface area contributed by atoms with Crippen LogP contribution in [0.15, 0.2) is 12.1 Å². The Morgan fingerprint density at radius 2 is 2.23 bits per heavy atom. The van der Waals surface area contributed by atoms with Gasteiger partial charge in [0, 0.05) is 0 Å². The van der Waals surface area contributed by atoms with Gasteiger partial charge >= 0.3 is 5.97 Å². The maximum Gasteiger partial charge on any atom is 0.371 e. The van der Waals surface area contributed by atoms with Gasteiger partial charge in [-0.2, -0.15) is 0 Å². The topological polar surface area (TPSA) is 105 Å². The number of nitrogens with zero attached hydrogens (tertiary/aromatic N) is 2. The molecule has 0 aliphatic heterocycles. The monoisotopic (exact) mass is 178 g/mol. The molecule has 4 N–H and O–H groups in total. The van der Waals surface area contributed by atoms with Crippen molar-refractivity contribution in [1.82, 2.24) is 15.0 Å². The third-order valence-electron chi connectivity index (χ3n) is 1.57. The highest BCUT2D eigenvalue weighted by molar-refractivity contribution is 5.88. The molecule has 6 heteroatoms. The molecule has 2 rings (SSSR count). The third kappa shape index (κ3) is 1.18. The number of aromatic nitrogens is 3. The standard InChI is InChI=1S/C7H6N4O2/c8-4-2-1-3-5(10-4)11-6(9-3)7(12)13/h1-2H,(H,12,13)(H3,8,9,10,11). The van der Waals surface area contributed by atoms with Crippen molar-refractivity contribution < 1.29 is 9.90 Å². The van der Waals surface area contributed by atoms with Crippen molar-refractivity contribution in [2.24, 2.45) is 0 Å². The number of carboxylic acids is 1. The number of anilines is 1. The van der Waals surface area contributed by atoms with Crippen LogP contribution in [0.5, 0.6) is 0 Å². The van der Waals surface area contributed by atoms with Crippen LogP contribution in [-0.2, 0) is 0 Å². The Kier molecular flexibility index (Phi) is 1.42. The summed E-state index contributed by atoms with van der Waals surface area (Å²) >= 11 is 0. The van der Waals surface area contributed by atoms with Gasteiger partial charge in [-0.05, 0) is 12.1 Å². The van der Waals surface area contributed by atoms with Crippen LogP contribution in [0, 0.1) is 0 Å². The minimum atomic E-state index is -1.11. The smallest absolute Gasteiger partial charge is 0.371 e. The number of H-pyrrole nitrogens is 1. The molecule has 2 aromatic heterocycles. The predicted molar refractivity (Wildman–Crippen MR) is 45.3 cm³/mol. The Bertz CT molecular complexity index is 476. The number of nitrogens with two attached hydrogens (primary N) is 1. The summed E-state index contributed by atoms with van der Waals surface area (Å²) in [6, 6.07) is 3.21. The van der Waals surface area contributed by atoms with Crippen LogP contribution in [0.2, 0.25) is 0 Å². The first-order chi connectivity index (χ1) is 6.16. The summed E-state index contributed by atoms with van der Waals surface area (Å²) in [5.41, 5.74) is 6.28. The molecular formula is C7H6N4O2. The summed E-state index contributed by atoms with van der Waals surface area (Å²) in [7, 11) is 0. The molecule has 0 radical (unpaired) electrons. The van der Waals surface area contributed by atoms with Crippen molar-refractivity contribution >= 4 is 23.0 Å². The van der Waals surface area contributed by atoms with Gasteiger partial charge in [0.15, 0.2) is 5.65 Å². The molecular weight excluding hydrogens is 172 g/mol. The van der Waals surface area contributed by atoms with E-state index in [1.165, 1.54) is 0 Å². The Hall–Kier alpha value is -2.11. The molecule has 0 unspecified atom stereocenters. The molecule has 0 fully saturated rings. The second-order valence-electron chi connectivity index (χ2n) is 2.50. The lowest BCUT2D eigenvalue weighted by Gasteiger charge is -1.88. The van der Waals surface area contributed by atoms with E-state index in [1.807, 2.05) is 0 Å². The Labute approximate surface area is 72.4 Å². The molecule has 2 heterocycles. The van der Waals surface area contributed by atoms with E-state index in [0.29, 0.717) is 17.0 Å². The van der Waals surface area contributed by atoms with E-state index in [4.69, 9.17) is 10.8 Å². The van der Waals surface area contributed by atoms with Gasteiger partial charge in [-0.1, -0.05) is 0 Å². The lowest BCUT2D eigenvalue weighted by atomic mass is 10.4. The van der Waals surface area contributed by atoms with Gasteiger partial charge in [0.1, 0.15) is 5.82 Å². The quantitative estimate of drug-likeness (QED) is 0.580. The maximum atomic E-state index is 10.5. The molecule has 0 amide bonds. The van der Waals surface area contributed by atoms with Crippen LogP contribution in [0.25, 0.3) is 11.2 Å². The van der Waals surface area contributed by atoms with Gasteiger partial charge in [-0.3, -0.25) is 0 Å². The van der Waals surface area contributed by atoms with Crippen molar-refractivity contribution in [3.63, 3.8) is 0 Å². The molecule has 0 atom stereocenters. The first-order valence-electron chi connectivity index (χ1n) is 3.52. The van der Waals surface area contributed by atoms with E-state index in [-0.39, 0.29) is 5.82 Å². The first kappa shape index (κ1) is 7.53. The number of aromatic amines is 1. The van der Waals surface area contributed by atoms with Gasteiger partial charge in [-0.25, -0.2) is 14.8 Å². The number of imidazole rings is 1. The minimum absolute atomic E-state index is 0.131. The summed E-state index contributed by atoms with van der Waals surface area (Å²) in [5, 5.41) is 8.60.